The second-order valence-electron chi connectivity index (χ2n) is 6.07. The molecule has 0 saturated carbocycles. The number of pyridine rings is 1. The third-order valence-corrected chi connectivity index (χ3v) is 4.41. The van der Waals surface area contributed by atoms with Crippen LogP contribution in [0.2, 0.25) is 0 Å². The Balaban J connectivity index is 1.46. The maximum atomic E-state index is 12.7. The summed E-state index contributed by atoms with van der Waals surface area (Å²) in [4.78, 5) is 30.4. The van der Waals surface area contributed by atoms with E-state index in [1.54, 1.807) is 41.6 Å². The minimum atomic E-state index is -0.245. The molecule has 0 radical (unpaired) electrons. The van der Waals surface area contributed by atoms with Crippen LogP contribution in [0, 0.1) is 0 Å². The Bertz CT molecular complexity index is 936. The molecule has 0 fully saturated rings. The average molecular weight is 347 g/mol. The molecule has 1 N–H and O–H groups in total. The Labute approximate surface area is 150 Å². The van der Waals surface area contributed by atoms with Gasteiger partial charge in [-0.2, -0.15) is 0 Å². The third-order valence-electron chi connectivity index (χ3n) is 4.41. The monoisotopic (exact) mass is 347 g/mol. The van der Waals surface area contributed by atoms with Gasteiger partial charge in [-0.15, -0.1) is 0 Å². The van der Waals surface area contributed by atoms with Gasteiger partial charge in [0.25, 0.3) is 11.8 Å². The molecule has 0 saturated heterocycles. The van der Waals surface area contributed by atoms with E-state index in [2.05, 4.69) is 10.3 Å². The number of fused-ring (bicyclic) bond motifs is 1. The van der Waals surface area contributed by atoms with Gasteiger partial charge >= 0.3 is 0 Å². The van der Waals surface area contributed by atoms with Gasteiger partial charge in [-0.25, -0.2) is 0 Å². The van der Waals surface area contributed by atoms with Crippen molar-refractivity contribution < 1.29 is 14.0 Å². The lowest BCUT2D eigenvalue weighted by atomic mass is 10.1. The van der Waals surface area contributed by atoms with Crippen LogP contribution in [0.15, 0.2) is 65.5 Å². The normalized spacial score (nSPS) is 12.7. The van der Waals surface area contributed by atoms with Crippen molar-refractivity contribution in [1.29, 1.82) is 0 Å². The maximum Gasteiger partial charge on any atom is 0.287 e. The number of nitrogens with one attached hydrogen (secondary N) is 1. The van der Waals surface area contributed by atoms with Gasteiger partial charge in [0.05, 0.1) is 6.26 Å². The summed E-state index contributed by atoms with van der Waals surface area (Å²) >= 11 is 0. The second kappa shape index (κ2) is 6.84. The molecule has 6 heteroatoms. The summed E-state index contributed by atoms with van der Waals surface area (Å²) in [7, 11) is 0. The minimum absolute atomic E-state index is 0.0231. The smallest absolute Gasteiger partial charge is 0.287 e. The summed E-state index contributed by atoms with van der Waals surface area (Å²) < 4.78 is 5.08. The molecule has 2 amide bonds. The Morgan fingerprint density at radius 3 is 2.77 bits per heavy atom. The van der Waals surface area contributed by atoms with Crippen LogP contribution in [-0.4, -0.2) is 23.3 Å². The Morgan fingerprint density at radius 2 is 2.00 bits per heavy atom. The first kappa shape index (κ1) is 16.1. The number of rotatable bonds is 4. The molecule has 3 aromatic rings. The van der Waals surface area contributed by atoms with Gasteiger partial charge in [-0.05, 0) is 47.9 Å². The van der Waals surface area contributed by atoms with E-state index in [1.165, 1.54) is 6.26 Å². The van der Waals surface area contributed by atoms with Crippen LogP contribution in [0.1, 0.15) is 32.0 Å². The van der Waals surface area contributed by atoms with Crippen molar-refractivity contribution >= 4 is 17.5 Å². The van der Waals surface area contributed by atoms with Crippen molar-refractivity contribution in [3.05, 3.63) is 83.6 Å². The van der Waals surface area contributed by atoms with E-state index < -0.39 is 0 Å². The Kier molecular flexibility index (Phi) is 4.23. The second-order valence-corrected chi connectivity index (χ2v) is 6.07. The molecule has 0 atom stereocenters. The van der Waals surface area contributed by atoms with Crippen molar-refractivity contribution in [3.63, 3.8) is 0 Å². The van der Waals surface area contributed by atoms with Crippen LogP contribution < -0.4 is 10.2 Å². The minimum Gasteiger partial charge on any atom is -0.459 e. The average Bonchev–Trinajstić information content (AvgIpc) is 3.36. The maximum absolute atomic E-state index is 12.7. The number of carbonyl (C=O) groups excluding carboxylic acids is 2. The van der Waals surface area contributed by atoms with Crippen molar-refractivity contribution in [3.8, 4) is 0 Å². The predicted molar refractivity (Wildman–Crippen MR) is 95.9 cm³/mol. The van der Waals surface area contributed by atoms with Gasteiger partial charge in [0.1, 0.15) is 0 Å². The molecule has 26 heavy (non-hydrogen) atoms. The fourth-order valence-corrected chi connectivity index (χ4v) is 3.10. The van der Waals surface area contributed by atoms with Gasteiger partial charge in [0.15, 0.2) is 5.76 Å². The highest BCUT2D eigenvalue weighted by Crippen LogP contribution is 2.30. The summed E-state index contributed by atoms with van der Waals surface area (Å²) in [5.41, 5.74) is 3.65. The van der Waals surface area contributed by atoms with Gasteiger partial charge in [-0.1, -0.05) is 12.1 Å². The number of anilines is 1. The summed E-state index contributed by atoms with van der Waals surface area (Å²) in [5.74, 6) is 0.0234. The van der Waals surface area contributed by atoms with E-state index in [4.69, 9.17) is 4.42 Å². The zero-order chi connectivity index (χ0) is 17.9. The highest BCUT2D eigenvalue weighted by atomic mass is 16.3. The van der Waals surface area contributed by atoms with Crippen molar-refractivity contribution in [2.45, 2.75) is 13.0 Å². The lowest BCUT2D eigenvalue weighted by molar-refractivity contribution is 0.0922. The van der Waals surface area contributed by atoms with Crippen LogP contribution in [-0.2, 0) is 13.0 Å². The Morgan fingerprint density at radius 1 is 1.15 bits per heavy atom. The molecule has 0 spiro atoms. The standard InChI is InChI=1S/C20H17N3O3/c24-19(18-2-1-11-26-18)22-13-14-3-4-17-16(12-14)7-10-23(17)20(25)15-5-8-21-9-6-15/h1-6,8-9,11-12H,7,10,13H2,(H,22,24). The first-order chi connectivity index (χ1) is 12.7. The summed E-state index contributed by atoms with van der Waals surface area (Å²) in [6.07, 6.45) is 5.51. The number of carbonyl (C=O) groups is 2. The van der Waals surface area contributed by atoms with Gasteiger partial charge in [-0.3, -0.25) is 14.6 Å². The molecule has 0 aliphatic carbocycles. The lowest BCUT2D eigenvalue weighted by Gasteiger charge is -2.17. The first-order valence-electron chi connectivity index (χ1n) is 8.38. The number of furan rings is 1. The van der Waals surface area contributed by atoms with E-state index in [1.807, 2.05) is 18.2 Å². The highest BCUT2D eigenvalue weighted by Gasteiger charge is 2.25. The molecule has 0 unspecified atom stereocenters. The Hall–Kier alpha value is -3.41. The van der Waals surface area contributed by atoms with E-state index in [0.29, 0.717) is 24.4 Å². The van der Waals surface area contributed by atoms with Crippen LogP contribution in [0.3, 0.4) is 0 Å². The first-order valence-corrected chi connectivity index (χ1v) is 8.38. The molecule has 1 aliphatic heterocycles. The van der Waals surface area contributed by atoms with Crippen molar-refractivity contribution in [2.24, 2.45) is 0 Å². The molecule has 2 aromatic heterocycles. The molecule has 3 heterocycles. The lowest BCUT2D eigenvalue weighted by Crippen LogP contribution is -2.28. The van der Waals surface area contributed by atoms with E-state index in [0.717, 1.165) is 23.2 Å². The molecule has 130 valence electrons. The van der Waals surface area contributed by atoms with Crippen molar-refractivity contribution in [1.82, 2.24) is 10.3 Å². The van der Waals surface area contributed by atoms with Gasteiger partial charge < -0.3 is 14.6 Å². The van der Waals surface area contributed by atoms with Crippen LogP contribution >= 0.6 is 0 Å². The summed E-state index contributed by atoms with van der Waals surface area (Å²) in [5, 5.41) is 2.83. The zero-order valence-electron chi connectivity index (χ0n) is 14.0. The molecular weight excluding hydrogens is 330 g/mol. The van der Waals surface area contributed by atoms with Crippen LogP contribution in [0.5, 0.6) is 0 Å². The highest BCUT2D eigenvalue weighted by molar-refractivity contribution is 6.07. The molecule has 0 bridgehead atoms. The number of nitrogens with zero attached hydrogens (tertiary/aromatic N) is 2. The van der Waals surface area contributed by atoms with E-state index in [9.17, 15) is 9.59 Å². The van der Waals surface area contributed by atoms with Crippen LogP contribution in [0.4, 0.5) is 5.69 Å². The summed E-state index contributed by atoms with van der Waals surface area (Å²) in [6.45, 7) is 1.06. The molecule has 1 aliphatic rings. The molecular formula is C20H17N3O3. The van der Waals surface area contributed by atoms with Crippen molar-refractivity contribution in [2.75, 3.05) is 11.4 Å². The fraction of sp³-hybridized carbons (Fsp3) is 0.150. The quantitative estimate of drug-likeness (QED) is 0.787. The largest absolute Gasteiger partial charge is 0.459 e. The molecule has 1 aromatic carbocycles. The zero-order valence-corrected chi connectivity index (χ0v) is 14.0. The molecule has 4 rings (SSSR count). The molecule has 6 nitrogen and oxygen atoms in total. The summed E-state index contributed by atoms with van der Waals surface area (Å²) in [6, 6.07) is 12.7. The number of amides is 2. The topological polar surface area (TPSA) is 75.4 Å². The van der Waals surface area contributed by atoms with E-state index >= 15 is 0 Å². The number of aromatic nitrogens is 1. The van der Waals surface area contributed by atoms with E-state index in [-0.39, 0.29) is 11.8 Å². The van der Waals surface area contributed by atoms with Gasteiger partial charge in [0, 0.05) is 36.7 Å². The predicted octanol–water partition coefficient (Wildman–Crippen LogP) is 2.81. The third kappa shape index (κ3) is 3.09. The number of hydrogen-bond donors (Lipinski definition) is 1. The SMILES string of the molecule is O=C(NCc1ccc2c(c1)CCN2C(=O)c1ccncc1)c1ccco1. The number of benzene rings is 1. The van der Waals surface area contributed by atoms with Gasteiger partial charge in [0.2, 0.25) is 0 Å². The number of hydrogen-bond acceptors (Lipinski definition) is 4. The van der Waals surface area contributed by atoms with Crippen LogP contribution in [0.25, 0.3) is 0 Å². The fourth-order valence-electron chi connectivity index (χ4n) is 3.10.